The maximum absolute atomic E-state index is 6.22. The molecule has 1 fully saturated rings. The standard InChI is InChI=1S/C17H29N3O/c1-5-18-10-15-16(11-19-17(20-15)12(2)3)21-14-8-6-7-13(4)9-14/h11-14,18H,5-10H2,1-4H3. The number of aromatic nitrogens is 2. The van der Waals surface area contributed by atoms with Gasteiger partial charge in [-0.15, -0.1) is 0 Å². The van der Waals surface area contributed by atoms with Gasteiger partial charge in [-0.1, -0.05) is 34.1 Å². The van der Waals surface area contributed by atoms with Crippen molar-refractivity contribution >= 4 is 0 Å². The second-order valence-corrected chi connectivity index (χ2v) is 6.49. The molecule has 1 N–H and O–H groups in total. The number of hydrogen-bond acceptors (Lipinski definition) is 4. The van der Waals surface area contributed by atoms with Crippen molar-refractivity contribution in [1.29, 1.82) is 0 Å². The minimum Gasteiger partial charge on any atom is -0.487 e. The SMILES string of the molecule is CCNCc1nc(C(C)C)ncc1OC1CCCC(C)C1. The number of hydrogen-bond donors (Lipinski definition) is 1. The number of nitrogens with one attached hydrogen (secondary N) is 1. The summed E-state index contributed by atoms with van der Waals surface area (Å²) in [6.07, 6.45) is 7.08. The van der Waals surface area contributed by atoms with Gasteiger partial charge < -0.3 is 10.1 Å². The predicted molar refractivity (Wildman–Crippen MR) is 85.5 cm³/mol. The molecule has 118 valence electrons. The van der Waals surface area contributed by atoms with Gasteiger partial charge in [0.25, 0.3) is 0 Å². The van der Waals surface area contributed by atoms with Gasteiger partial charge in [0.15, 0.2) is 5.75 Å². The van der Waals surface area contributed by atoms with E-state index < -0.39 is 0 Å². The molecule has 0 bridgehead atoms. The predicted octanol–water partition coefficient (Wildman–Crippen LogP) is 3.67. The van der Waals surface area contributed by atoms with E-state index in [0.717, 1.165) is 49.1 Å². The fourth-order valence-electron chi connectivity index (χ4n) is 2.83. The minimum atomic E-state index is 0.322. The van der Waals surface area contributed by atoms with Crippen molar-refractivity contribution < 1.29 is 4.74 Å². The summed E-state index contributed by atoms with van der Waals surface area (Å²) in [5, 5.41) is 3.35. The fraction of sp³-hybridized carbons (Fsp3) is 0.765. The van der Waals surface area contributed by atoms with Gasteiger partial charge in [-0.2, -0.15) is 0 Å². The molecule has 0 radical (unpaired) electrons. The Hall–Kier alpha value is -1.16. The number of ether oxygens (including phenoxy) is 1. The maximum atomic E-state index is 6.22. The van der Waals surface area contributed by atoms with Crippen LogP contribution in [0.15, 0.2) is 6.20 Å². The van der Waals surface area contributed by atoms with Crippen LogP contribution in [0.1, 0.15) is 70.8 Å². The Morgan fingerprint density at radius 1 is 1.38 bits per heavy atom. The molecule has 1 aliphatic rings. The van der Waals surface area contributed by atoms with E-state index in [1.165, 1.54) is 12.8 Å². The normalized spacial score (nSPS) is 22.5. The van der Waals surface area contributed by atoms with Crippen molar-refractivity contribution in [1.82, 2.24) is 15.3 Å². The van der Waals surface area contributed by atoms with Gasteiger partial charge in [-0.25, -0.2) is 9.97 Å². The molecule has 0 amide bonds. The summed E-state index contributed by atoms with van der Waals surface area (Å²) in [4.78, 5) is 9.16. The Morgan fingerprint density at radius 3 is 2.86 bits per heavy atom. The van der Waals surface area contributed by atoms with Crippen LogP contribution in [0.4, 0.5) is 0 Å². The smallest absolute Gasteiger partial charge is 0.160 e. The van der Waals surface area contributed by atoms with Crippen LogP contribution in [0.2, 0.25) is 0 Å². The van der Waals surface area contributed by atoms with Crippen molar-refractivity contribution in [2.75, 3.05) is 6.54 Å². The van der Waals surface area contributed by atoms with Crippen LogP contribution in [0.3, 0.4) is 0 Å². The average molecular weight is 291 g/mol. The minimum absolute atomic E-state index is 0.322. The highest BCUT2D eigenvalue weighted by atomic mass is 16.5. The Labute approximate surface area is 128 Å². The summed E-state index contributed by atoms with van der Waals surface area (Å²) in [7, 11) is 0. The van der Waals surface area contributed by atoms with Crippen molar-refractivity contribution in [2.24, 2.45) is 5.92 Å². The number of nitrogens with zero attached hydrogens (tertiary/aromatic N) is 2. The maximum Gasteiger partial charge on any atom is 0.160 e. The van der Waals surface area contributed by atoms with Crippen molar-refractivity contribution in [3.63, 3.8) is 0 Å². The highest BCUT2D eigenvalue weighted by Gasteiger charge is 2.22. The quantitative estimate of drug-likeness (QED) is 0.868. The van der Waals surface area contributed by atoms with Crippen LogP contribution in [0.25, 0.3) is 0 Å². The molecule has 4 heteroatoms. The van der Waals surface area contributed by atoms with Gasteiger partial charge in [-0.05, 0) is 31.7 Å². The zero-order valence-electron chi connectivity index (χ0n) is 13.9. The first-order valence-corrected chi connectivity index (χ1v) is 8.33. The van der Waals surface area contributed by atoms with Gasteiger partial charge in [0.1, 0.15) is 5.82 Å². The molecule has 0 saturated heterocycles. The molecular formula is C17H29N3O. The van der Waals surface area contributed by atoms with E-state index in [1.54, 1.807) is 0 Å². The molecule has 0 aliphatic heterocycles. The van der Waals surface area contributed by atoms with Crippen molar-refractivity contribution in [2.45, 2.75) is 71.9 Å². The van der Waals surface area contributed by atoms with Crippen molar-refractivity contribution in [3.05, 3.63) is 17.7 Å². The largest absolute Gasteiger partial charge is 0.487 e. The van der Waals surface area contributed by atoms with Gasteiger partial charge in [-0.3, -0.25) is 0 Å². The van der Waals surface area contributed by atoms with E-state index >= 15 is 0 Å². The Kier molecular flexibility index (Phi) is 5.97. The molecule has 0 aromatic carbocycles. The van der Waals surface area contributed by atoms with E-state index in [2.05, 4.69) is 38.0 Å². The first-order valence-electron chi connectivity index (χ1n) is 8.33. The lowest BCUT2D eigenvalue weighted by Crippen LogP contribution is -2.25. The molecule has 21 heavy (non-hydrogen) atoms. The van der Waals surface area contributed by atoms with E-state index in [-0.39, 0.29) is 0 Å². The van der Waals surface area contributed by atoms with Gasteiger partial charge >= 0.3 is 0 Å². The second-order valence-electron chi connectivity index (χ2n) is 6.49. The van der Waals surface area contributed by atoms with E-state index in [4.69, 9.17) is 9.72 Å². The van der Waals surface area contributed by atoms with Crippen molar-refractivity contribution in [3.8, 4) is 5.75 Å². The third-order valence-corrected chi connectivity index (χ3v) is 4.09. The van der Waals surface area contributed by atoms with E-state index in [0.29, 0.717) is 12.0 Å². The monoisotopic (exact) mass is 291 g/mol. The van der Waals surface area contributed by atoms with Crippen LogP contribution in [0, 0.1) is 5.92 Å². The molecule has 1 heterocycles. The third-order valence-electron chi connectivity index (χ3n) is 4.09. The summed E-state index contributed by atoms with van der Waals surface area (Å²) in [5.74, 6) is 2.86. The number of rotatable bonds is 6. The molecular weight excluding hydrogens is 262 g/mol. The van der Waals surface area contributed by atoms with Crippen LogP contribution in [0.5, 0.6) is 5.75 Å². The van der Waals surface area contributed by atoms with E-state index in [1.807, 2.05) is 6.20 Å². The van der Waals surface area contributed by atoms with Gasteiger partial charge in [0, 0.05) is 12.5 Å². The lowest BCUT2D eigenvalue weighted by Gasteiger charge is -2.28. The molecule has 4 nitrogen and oxygen atoms in total. The van der Waals surface area contributed by atoms with Gasteiger partial charge in [0.2, 0.25) is 0 Å². The molecule has 2 rings (SSSR count). The van der Waals surface area contributed by atoms with Crippen LogP contribution in [-0.4, -0.2) is 22.6 Å². The molecule has 2 atom stereocenters. The molecule has 1 aromatic rings. The summed E-state index contributed by atoms with van der Waals surface area (Å²) in [6.45, 7) is 10.3. The fourth-order valence-corrected chi connectivity index (χ4v) is 2.83. The zero-order chi connectivity index (χ0) is 15.2. The zero-order valence-corrected chi connectivity index (χ0v) is 13.9. The molecule has 2 unspecified atom stereocenters. The Bertz CT molecular complexity index is 448. The van der Waals surface area contributed by atoms with Crippen LogP contribution < -0.4 is 10.1 Å². The highest BCUT2D eigenvalue weighted by Crippen LogP contribution is 2.28. The highest BCUT2D eigenvalue weighted by molar-refractivity contribution is 5.25. The first-order chi connectivity index (χ1) is 10.1. The molecule has 1 aliphatic carbocycles. The van der Waals surface area contributed by atoms with Crippen LogP contribution >= 0.6 is 0 Å². The molecule has 0 spiro atoms. The third kappa shape index (κ3) is 4.67. The molecule has 1 saturated carbocycles. The Balaban J connectivity index is 2.12. The van der Waals surface area contributed by atoms with E-state index in [9.17, 15) is 0 Å². The summed E-state index contributed by atoms with van der Waals surface area (Å²) in [6, 6.07) is 0. The van der Waals surface area contributed by atoms with Crippen LogP contribution in [-0.2, 0) is 6.54 Å². The molecule has 1 aromatic heterocycles. The lowest BCUT2D eigenvalue weighted by molar-refractivity contribution is 0.126. The Morgan fingerprint density at radius 2 is 2.19 bits per heavy atom. The van der Waals surface area contributed by atoms with Gasteiger partial charge in [0.05, 0.1) is 18.0 Å². The lowest BCUT2D eigenvalue weighted by atomic mass is 9.89. The summed E-state index contributed by atoms with van der Waals surface area (Å²) >= 11 is 0. The average Bonchev–Trinajstić information content (AvgIpc) is 2.46. The first kappa shape index (κ1) is 16.2. The second kappa shape index (κ2) is 7.74. The summed E-state index contributed by atoms with van der Waals surface area (Å²) in [5.41, 5.74) is 0.994. The summed E-state index contributed by atoms with van der Waals surface area (Å²) < 4.78 is 6.22. The topological polar surface area (TPSA) is 47.0 Å².